The Labute approximate surface area is 604 Å². The van der Waals surface area contributed by atoms with E-state index in [1.807, 2.05) is 18.2 Å². The number of para-hydroxylation sites is 1. The topological polar surface area (TPSA) is 51.1 Å². The monoisotopic (exact) mass is 1410 g/mol. The highest BCUT2D eigenvalue weighted by molar-refractivity contribution is 6.94. The van der Waals surface area contributed by atoms with E-state index in [1.165, 1.54) is 127 Å². The van der Waals surface area contributed by atoms with Gasteiger partial charge in [-0.2, -0.15) is 13.7 Å². The second kappa shape index (κ2) is 25.8. The highest BCUT2D eigenvalue weighted by Gasteiger charge is 2.41. The lowest BCUT2D eigenvalue weighted by Gasteiger charge is -2.38. The lowest BCUT2D eigenvalue weighted by molar-refractivity contribution is -0.633. The maximum Gasteiger partial charge on any atom is 0.216 e. The first-order chi connectivity index (χ1) is 47.9. The van der Waals surface area contributed by atoms with Gasteiger partial charge in [0, 0.05) is 96.5 Å². The van der Waals surface area contributed by atoms with E-state index in [-0.39, 0.29) is 16.7 Å². The highest BCUT2D eigenvalue weighted by Crippen LogP contribution is 2.45. The highest BCUT2D eigenvalue weighted by atomic mass is 28.3. The Hall–Kier alpha value is -8.88. The molecule has 0 spiro atoms. The third kappa shape index (κ3) is 11.7. The van der Waals surface area contributed by atoms with Gasteiger partial charge >= 0.3 is 0 Å². The molecule has 522 valence electrons. The minimum Gasteiger partial charge on any atom is -0.455 e. The number of pyridine rings is 3. The molecule has 9 aromatic carbocycles. The molecule has 102 heavy (non-hydrogen) atoms. The molecule has 0 saturated heterocycles. The smallest absolute Gasteiger partial charge is 0.216 e. The summed E-state index contributed by atoms with van der Waals surface area (Å²) in [5.74, 6) is -0.509. The molecule has 0 unspecified atom stereocenters. The summed E-state index contributed by atoms with van der Waals surface area (Å²) in [6.45, 7) is 50.7. The standard InChI is InChI=1S/C31H35FNOSi.C30H33FNOSi.C30H34NOSi/c1-17(2)35(8,9)28-16-27(33(7)26-13-10-18(3)14-24(26)28)29-20(5)19(4)15-23-22-11-12-25(32)21(6)30(22)34-31(23)29;1-17(2)34(7,8)28-16-26(32(6)25-12-9-18(3)13-24(25)28)29-20(5)19(4)14-23-22-11-10-21(31)15-27(22)33-30(23)29;1-19-13-16-24-23(17-19)27(33(7,8)30(3,4)5)18-25(31(24)6)28-20(2)14-15-22-21-11-9-10-12-26(21)32-29(22)28/h10-17H,1-9H3;9-17H,1-8H3;9-18H,1-8H3/q3*+1. The summed E-state index contributed by atoms with van der Waals surface area (Å²) in [4.78, 5) is 0. The van der Waals surface area contributed by atoms with Crippen LogP contribution in [0.3, 0.4) is 0 Å². The number of halogens is 2. The Morgan fingerprint density at radius 3 is 1.25 bits per heavy atom. The van der Waals surface area contributed by atoms with E-state index in [0.717, 1.165) is 66.4 Å². The van der Waals surface area contributed by atoms with Crippen LogP contribution < -0.4 is 29.3 Å². The molecule has 0 amide bonds. The molecule has 0 bridgehead atoms. The molecule has 0 aliphatic carbocycles. The van der Waals surface area contributed by atoms with Gasteiger partial charge in [0.05, 0.1) is 40.9 Å². The summed E-state index contributed by atoms with van der Waals surface area (Å²) in [6.07, 6.45) is 0. The van der Waals surface area contributed by atoms with Crippen LogP contribution in [0.25, 0.3) is 132 Å². The molecule has 0 fully saturated rings. The number of aromatic nitrogens is 3. The second-order valence-electron chi connectivity index (χ2n) is 33.0. The van der Waals surface area contributed by atoms with Crippen LogP contribution in [0.15, 0.2) is 165 Å². The zero-order chi connectivity index (χ0) is 73.6. The number of benzene rings is 9. The van der Waals surface area contributed by atoms with E-state index in [0.29, 0.717) is 27.8 Å². The van der Waals surface area contributed by atoms with Gasteiger partial charge in [-0.15, -0.1) is 0 Å². The van der Waals surface area contributed by atoms with E-state index in [9.17, 15) is 8.78 Å². The van der Waals surface area contributed by atoms with Gasteiger partial charge in [0.2, 0.25) is 33.6 Å². The normalized spacial score (nSPS) is 12.6. The van der Waals surface area contributed by atoms with Crippen LogP contribution in [0.2, 0.25) is 55.4 Å². The van der Waals surface area contributed by atoms with Gasteiger partial charge in [0.1, 0.15) is 66.3 Å². The van der Waals surface area contributed by atoms with Crippen molar-refractivity contribution in [2.24, 2.45) is 21.1 Å². The van der Waals surface area contributed by atoms with Crippen molar-refractivity contribution in [2.45, 2.75) is 166 Å². The fourth-order valence-corrected chi connectivity index (χ4v) is 21.6. The molecule has 6 aromatic heterocycles. The average molecular weight is 1410 g/mol. The molecule has 0 radical (unpaired) electrons. The summed E-state index contributed by atoms with van der Waals surface area (Å²) in [5.41, 5.74) is 27.2. The summed E-state index contributed by atoms with van der Waals surface area (Å²) < 4.78 is 54.8. The lowest BCUT2D eigenvalue weighted by Crippen LogP contribution is -2.51. The quantitative estimate of drug-likeness (QED) is 0.113. The van der Waals surface area contributed by atoms with Crippen LogP contribution >= 0.6 is 0 Å². The van der Waals surface area contributed by atoms with Crippen LogP contribution in [-0.4, -0.2) is 24.2 Å². The summed E-state index contributed by atoms with van der Waals surface area (Å²) in [6, 6.07) is 53.2. The van der Waals surface area contributed by atoms with Crippen molar-refractivity contribution in [3.8, 4) is 33.8 Å². The van der Waals surface area contributed by atoms with Crippen molar-refractivity contribution in [3.05, 3.63) is 213 Å². The molecule has 0 saturated carbocycles. The van der Waals surface area contributed by atoms with E-state index in [1.54, 1.807) is 13.0 Å². The predicted molar refractivity (Wildman–Crippen MR) is 437 cm³/mol. The average Bonchev–Trinajstić information content (AvgIpc) is 1.13. The van der Waals surface area contributed by atoms with Crippen molar-refractivity contribution >= 4 is 138 Å². The number of aryl methyl sites for hydroxylation is 10. The Morgan fingerprint density at radius 2 is 0.755 bits per heavy atom. The van der Waals surface area contributed by atoms with Crippen molar-refractivity contribution in [3.63, 3.8) is 0 Å². The first-order valence-corrected chi connectivity index (χ1v) is 45.6. The number of furan rings is 3. The number of fused-ring (bicyclic) bond motifs is 12. The molecule has 6 nitrogen and oxygen atoms in total. The SMILES string of the molecule is Cc1ccc2c(c1)c([Si](C)(C)C(C)(C)C)cc(-c1c(C)ccc3c1oc1ccccc13)[n+]2C.Cc1ccc2c(c1)c([Si](C)(C)C(C)C)cc(-c1c(C)c(C)cc3c1oc1c(C)c(F)ccc13)[n+]2C.Cc1ccc2c(c1)c([Si](C)(C)C(C)C)cc(-c1c(C)c(C)cc3c1oc1cc(F)ccc13)[n+]2C. The maximum atomic E-state index is 14.4. The van der Waals surface area contributed by atoms with Gasteiger partial charge in [-0.25, -0.2) is 8.78 Å². The fourth-order valence-electron chi connectivity index (χ4n) is 15.4. The zero-order valence-electron chi connectivity index (χ0n) is 64.9. The third-order valence-electron chi connectivity index (χ3n) is 24.6. The number of hydrogen-bond acceptors (Lipinski definition) is 3. The minimum atomic E-state index is -1.82. The van der Waals surface area contributed by atoms with Crippen molar-refractivity contribution in [1.82, 2.24) is 0 Å². The van der Waals surface area contributed by atoms with Gasteiger partial charge in [-0.1, -0.05) is 153 Å². The summed E-state index contributed by atoms with van der Waals surface area (Å²) in [5, 5.41) is 15.2. The van der Waals surface area contributed by atoms with Gasteiger partial charge in [0.15, 0.2) is 0 Å². The van der Waals surface area contributed by atoms with Gasteiger partial charge in [-0.05, 0) is 182 Å². The second-order valence-corrected chi connectivity index (χ2v) is 48.5. The molecular weight excluding hydrogens is 1310 g/mol. The first-order valence-electron chi connectivity index (χ1n) is 36.4. The van der Waals surface area contributed by atoms with E-state index in [4.69, 9.17) is 13.3 Å². The van der Waals surface area contributed by atoms with Gasteiger partial charge < -0.3 is 13.3 Å². The Kier molecular flexibility index (Phi) is 18.1. The van der Waals surface area contributed by atoms with Crippen LogP contribution in [0, 0.1) is 73.9 Å². The Morgan fingerprint density at radius 1 is 0.353 bits per heavy atom. The largest absolute Gasteiger partial charge is 0.455 e. The zero-order valence-corrected chi connectivity index (χ0v) is 67.9. The molecule has 15 aromatic rings. The molecule has 6 heterocycles. The van der Waals surface area contributed by atoms with E-state index >= 15 is 0 Å². The van der Waals surface area contributed by atoms with Crippen LogP contribution in [0.1, 0.15) is 98.5 Å². The van der Waals surface area contributed by atoms with Crippen molar-refractivity contribution < 1.29 is 35.7 Å². The van der Waals surface area contributed by atoms with Crippen LogP contribution in [0.4, 0.5) is 8.78 Å². The number of hydrogen-bond donors (Lipinski definition) is 0. The fraction of sp³-hybridized carbons (Fsp3) is 0.308. The Bertz CT molecular complexity index is 5970. The number of rotatable bonds is 8. The molecular formula is C91H102F2N3O3Si3+3. The van der Waals surface area contributed by atoms with Gasteiger partial charge in [-0.3, -0.25) is 0 Å². The molecule has 11 heteroatoms. The third-order valence-corrected chi connectivity index (χ3v) is 39.5. The lowest BCUT2D eigenvalue weighted by atomic mass is 9.95. The maximum absolute atomic E-state index is 14.4. The van der Waals surface area contributed by atoms with Crippen molar-refractivity contribution in [2.75, 3.05) is 0 Å². The predicted octanol–water partition coefficient (Wildman–Crippen LogP) is 23.1. The minimum absolute atomic E-state index is 0.231. The molecule has 0 aliphatic heterocycles. The van der Waals surface area contributed by atoms with E-state index in [2.05, 4.69) is 293 Å². The first kappa shape index (κ1) is 71.5. The Balaban J connectivity index is 0.000000137. The molecule has 0 aliphatic rings. The molecule has 15 rings (SSSR count). The van der Waals surface area contributed by atoms with Gasteiger partial charge in [0.25, 0.3) is 0 Å². The summed E-state index contributed by atoms with van der Waals surface area (Å²) in [7, 11) is 1.15. The van der Waals surface area contributed by atoms with Crippen LogP contribution in [-0.2, 0) is 21.1 Å². The summed E-state index contributed by atoms with van der Waals surface area (Å²) >= 11 is 0. The molecule has 0 atom stereocenters. The molecule has 0 N–H and O–H groups in total. The van der Waals surface area contributed by atoms with E-state index < -0.39 is 24.2 Å². The number of nitrogens with zero attached hydrogens (tertiary/aromatic N) is 3. The van der Waals surface area contributed by atoms with Crippen LogP contribution in [0.5, 0.6) is 0 Å². The van der Waals surface area contributed by atoms with Crippen molar-refractivity contribution in [1.29, 1.82) is 0 Å².